The van der Waals surface area contributed by atoms with Gasteiger partial charge in [-0.05, 0) is 36.2 Å². The first-order valence-corrected chi connectivity index (χ1v) is 6.71. The van der Waals surface area contributed by atoms with Gasteiger partial charge >= 0.3 is 6.18 Å². The molecule has 0 radical (unpaired) electrons. The SMILES string of the molecule is COc1c(F)cc(C(C(C)=O)c2ccc(C(F)(F)F)nc2)cc1F. The van der Waals surface area contributed by atoms with Gasteiger partial charge in [-0.3, -0.25) is 9.78 Å². The molecule has 0 spiro atoms. The third kappa shape index (κ3) is 3.52. The van der Waals surface area contributed by atoms with E-state index in [2.05, 4.69) is 9.72 Å². The molecule has 0 bridgehead atoms. The highest BCUT2D eigenvalue weighted by molar-refractivity contribution is 5.86. The molecular formula is C16H12F5NO2. The molecule has 1 aromatic carbocycles. The van der Waals surface area contributed by atoms with Crippen LogP contribution in [0.4, 0.5) is 22.0 Å². The van der Waals surface area contributed by atoms with Crippen LogP contribution in [-0.4, -0.2) is 17.9 Å². The molecule has 0 amide bonds. The molecule has 3 nitrogen and oxygen atoms in total. The molecule has 2 aromatic rings. The Hall–Kier alpha value is -2.51. The molecule has 2 rings (SSSR count). The quantitative estimate of drug-likeness (QED) is 0.783. The average molecular weight is 345 g/mol. The minimum atomic E-state index is -4.62. The van der Waals surface area contributed by atoms with Crippen molar-refractivity contribution < 1.29 is 31.5 Å². The van der Waals surface area contributed by atoms with Crippen molar-refractivity contribution >= 4 is 5.78 Å². The number of hydrogen-bond acceptors (Lipinski definition) is 3. The number of carbonyl (C=O) groups is 1. The number of pyridine rings is 1. The molecule has 0 aliphatic rings. The summed E-state index contributed by atoms with van der Waals surface area (Å²) >= 11 is 0. The molecule has 0 aliphatic carbocycles. The molecule has 1 heterocycles. The van der Waals surface area contributed by atoms with Crippen LogP contribution in [0.15, 0.2) is 30.5 Å². The topological polar surface area (TPSA) is 39.2 Å². The number of benzene rings is 1. The molecule has 1 aromatic heterocycles. The van der Waals surface area contributed by atoms with Crippen LogP contribution in [0, 0.1) is 11.6 Å². The van der Waals surface area contributed by atoms with Gasteiger partial charge in [0, 0.05) is 6.20 Å². The molecule has 8 heteroatoms. The summed E-state index contributed by atoms with van der Waals surface area (Å²) in [6.45, 7) is 1.17. The van der Waals surface area contributed by atoms with Gasteiger partial charge in [0.05, 0.1) is 13.0 Å². The number of aromatic nitrogens is 1. The van der Waals surface area contributed by atoms with Gasteiger partial charge in [0.15, 0.2) is 17.4 Å². The number of methoxy groups -OCH3 is 1. The minimum absolute atomic E-state index is 0.0418. The fourth-order valence-electron chi connectivity index (χ4n) is 2.35. The van der Waals surface area contributed by atoms with E-state index >= 15 is 0 Å². The Morgan fingerprint density at radius 1 is 1.12 bits per heavy atom. The Labute approximate surface area is 134 Å². The Morgan fingerprint density at radius 2 is 1.71 bits per heavy atom. The second-order valence-corrected chi connectivity index (χ2v) is 5.04. The lowest BCUT2D eigenvalue weighted by molar-refractivity contribution is -0.141. The van der Waals surface area contributed by atoms with Gasteiger partial charge < -0.3 is 4.74 Å². The van der Waals surface area contributed by atoms with Crippen molar-refractivity contribution in [3.8, 4) is 5.75 Å². The number of ether oxygens (including phenoxy) is 1. The second kappa shape index (κ2) is 6.54. The Bertz CT molecular complexity index is 733. The zero-order chi connectivity index (χ0) is 18.1. The molecule has 128 valence electrons. The standard InChI is InChI=1S/C16H12F5NO2/c1-8(23)14(9-3-4-13(22-7-9)16(19,20)21)10-5-11(17)15(24-2)12(18)6-10/h3-7,14H,1-2H3. The van der Waals surface area contributed by atoms with Crippen LogP contribution in [-0.2, 0) is 11.0 Å². The van der Waals surface area contributed by atoms with E-state index < -0.39 is 41.0 Å². The van der Waals surface area contributed by atoms with Crippen LogP contribution in [0.2, 0.25) is 0 Å². The number of halogens is 5. The van der Waals surface area contributed by atoms with Crippen molar-refractivity contribution in [1.82, 2.24) is 4.98 Å². The summed E-state index contributed by atoms with van der Waals surface area (Å²) in [6.07, 6.45) is -3.75. The molecule has 0 saturated heterocycles. The lowest BCUT2D eigenvalue weighted by Gasteiger charge is -2.16. The van der Waals surface area contributed by atoms with E-state index in [4.69, 9.17) is 0 Å². The number of hydrogen-bond donors (Lipinski definition) is 0. The zero-order valence-electron chi connectivity index (χ0n) is 12.6. The van der Waals surface area contributed by atoms with Crippen LogP contribution in [0.1, 0.15) is 29.7 Å². The lowest BCUT2D eigenvalue weighted by atomic mass is 9.89. The zero-order valence-corrected chi connectivity index (χ0v) is 12.6. The number of nitrogens with zero attached hydrogens (tertiary/aromatic N) is 1. The molecular weight excluding hydrogens is 333 g/mol. The predicted octanol–water partition coefficient (Wildman–Crippen LogP) is 4.11. The lowest BCUT2D eigenvalue weighted by Crippen LogP contribution is -2.14. The smallest absolute Gasteiger partial charge is 0.433 e. The Balaban J connectivity index is 2.49. The van der Waals surface area contributed by atoms with Gasteiger partial charge in [0.2, 0.25) is 0 Å². The maximum Gasteiger partial charge on any atom is 0.433 e. The average Bonchev–Trinajstić information content (AvgIpc) is 2.46. The van der Waals surface area contributed by atoms with Crippen molar-refractivity contribution in [2.45, 2.75) is 19.0 Å². The van der Waals surface area contributed by atoms with E-state index in [1.165, 1.54) is 6.92 Å². The fraction of sp³-hybridized carbons (Fsp3) is 0.250. The molecule has 24 heavy (non-hydrogen) atoms. The van der Waals surface area contributed by atoms with E-state index in [0.717, 1.165) is 31.5 Å². The van der Waals surface area contributed by atoms with E-state index in [9.17, 15) is 26.7 Å². The number of alkyl halides is 3. The number of Topliss-reactive ketones (excluding diaryl/α,β-unsaturated/α-hetero) is 1. The number of carbonyl (C=O) groups excluding carboxylic acids is 1. The number of rotatable bonds is 4. The summed E-state index contributed by atoms with van der Waals surface area (Å²) in [4.78, 5) is 15.1. The molecule has 0 N–H and O–H groups in total. The van der Waals surface area contributed by atoms with Crippen molar-refractivity contribution in [2.24, 2.45) is 0 Å². The summed E-state index contributed by atoms with van der Waals surface area (Å²) in [5.41, 5.74) is -1.07. The highest BCUT2D eigenvalue weighted by Gasteiger charge is 2.33. The second-order valence-electron chi connectivity index (χ2n) is 5.04. The maximum atomic E-state index is 13.8. The monoisotopic (exact) mass is 345 g/mol. The van der Waals surface area contributed by atoms with Gasteiger partial charge in [-0.1, -0.05) is 6.07 Å². The normalized spacial score (nSPS) is 12.8. The van der Waals surface area contributed by atoms with E-state index in [1.807, 2.05) is 0 Å². The maximum absolute atomic E-state index is 13.8. The van der Waals surface area contributed by atoms with Crippen LogP contribution in [0.25, 0.3) is 0 Å². The summed E-state index contributed by atoms with van der Waals surface area (Å²) in [6, 6.07) is 3.58. The summed E-state index contributed by atoms with van der Waals surface area (Å²) in [5.74, 6) is -4.28. The largest absolute Gasteiger partial charge is 0.491 e. The minimum Gasteiger partial charge on any atom is -0.491 e. The van der Waals surface area contributed by atoms with Gasteiger partial charge in [-0.25, -0.2) is 8.78 Å². The summed E-state index contributed by atoms with van der Waals surface area (Å²) in [7, 11) is 1.09. The molecule has 0 fully saturated rings. The van der Waals surface area contributed by atoms with Crippen LogP contribution in [0.5, 0.6) is 5.75 Å². The van der Waals surface area contributed by atoms with Crippen molar-refractivity contribution in [3.05, 3.63) is 58.9 Å². The van der Waals surface area contributed by atoms with E-state index in [0.29, 0.717) is 6.07 Å². The summed E-state index contributed by atoms with van der Waals surface area (Å²) < 4.78 is 69.9. The van der Waals surface area contributed by atoms with Crippen LogP contribution in [0.3, 0.4) is 0 Å². The number of ketones is 1. The van der Waals surface area contributed by atoms with Crippen molar-refractivity contribution in [3.63, 3.8) is 0 Å². The van der Waals surface area contributed by atoms with Gasteiger partial charge in [0.1, 0.15) is 11.5 Å². The third-order valence-corrected chi connectivity index (χ3v) is 3.37. The highest BCUT2D eigenvalue weighted by atomic mass is 19.4. The molecule has 0 saturated carbocycles. The first-order chi connectivity index (χ1) is 11.1. The van der Waals surface area contributed by atoms with Gasteiger partial charge in [-0.15, -0.1) is 0 Å². The third-order valence-electron chi connectivity index (χ3n) is 3.37. The Morgan fingerprint density at radius 3 is 2.08 bits per heavy atom. The predicted molar refractivity (Wildman–Crippen MR) is 74.7 cm³/mol. The molecule has 0 aliphatic heterocycles. The van der Waals surface area contributed by atoms with Gasteiger partial charge in [0.25, 0.3) is 0 Å². The Kier molecular flexibility index (Phi) is 4.86. The first-order valence-electron chi connectivity index (χ1n) is 6.71. The van der Waals surface area contributed by atoms with Gasteiger partial charge in [-0.2, -0.15) is 13.2 Å². The van der Waals surface area contributed by atoms with Crippen LogP contribution < -0.4 is 4.74 Å². The van der Waals surface area contributed by atoms with E-state index in [-0.39, 0.29) is 11.1 Å². The van der Waals surface area contributed by atoms with Crippen molar-refractivity contribution in [1.29, 1.82) is 0 Å². The van der Waals surface area contributed by atoms with Crippen molar-refractivity contribution in [2.75, 3.05) is 7.11 Å². The highest BCUT2D eigenvalue weighted by Crippen LogP contribution is 2.33. The molecule has 1 atom stereocenters. The first kappa shape index (κ1) is 17.8. The summed E-state index contributed by atoms with van der Waals surface area (Å²) in [5, 5.41) is 0. The van der Waals surface area contributed by atoms with E-state index in [1.54, 1.807) is 0 Å². The fourth-order valence-corrected chi connectivity index (χ4v) is 2.35. The molecule has 1 unspecified atom stereocenters. The van der Waals surface area contributed by atoms with Crippen LogP contribution >= 0.6 is 0 Å².